The van der Waals surface area contributed by atoms with Crippen molar-refractivity contribution in [1.82, 2.24) is 9.80 Å². The van der Waals surface area contributed by atoms with Crippen LogP contribution in [0.3, 0.4) is 0 Å². The lowest BCUT2D eigenvalue weighted by Crippen LogP contribution is -2.38. The second-order valence-corrected chi connectivity index (χ2v) is 4.86. The van der Waals surface area contributed by atoms with Gasteiger partial charge in [0.2, 0.25) is 5.91 Å². The Balaban J connectivity index is 2.18. The highest BCUT2D eigenvalue weighted by atomic mass is 19.1. The number of halogens is 1. The maximum atomic E-state index is 13.2. The lowest BCUT2D eigenvalue weighted by molar-refractivity contribution is -0.129. The van der Waals surface area contributed by atoms with Crippen LogP contribution in [0.25, 0.3) is 0 Å². The lowest BCUT2D eigenvalue weighted by Gasteiger charge is -2.20. The largest absolute Gasteiger partial charge is 0.344 e. The van der Waals surface area contributed by atoms with E-state index in [1.807, 2.05) is 0 Å². The van der Waals surface area contributed by atoms with E-state index >= 15 is 0 Å². The first-order valence-corrected chi connectivity index (χ1v) is 6.28. The van der Waals surface area contributed by atoms with Crippen molar-refractivity contribution >= 4 is 11.8 Å². The maximum absolute atomic E-state index is 13.2. The predicted molar refractivity (Wildman–Crippen MR) is 69.3 cm³/mol. The molecule has 1 fully saturated rings. The minimum atomic E-state index is -0.330. The van der Waals surface area contributed by atoms with Crippen LogP contribution in [-0.2, 0) is 4.79 Å². The van der Waals surface area contributed by atoms with Crippen molar-refractivity contribution in [2.45, 2.75) is 13.3 Å². The molecule has 19 heavy (non-hydrogen) atoms. The van der Waals surface area contributed by atoms with Crippen LogP contribution in [0, 0.1) is 12.7 Å². The average Bonchev–Trinajstić information content (AvgIpc) is 2.55. The van der Waals surface area contributed by atoms with Gasteiger partial charge in [-0.2, -0.15) is 0 Å². The van der Waals surface area contributed by atoms with Gasteiger partial charge in [0.25, 0.3) is 5.91 Å². The van der Waals surface area contributed by atoms with Crippen LogP contribution in [0.2, 0.25) is 0 Å². The molecule has 5 heteroatoms. The minimum Gasteiger partial charge on any atom is -0.344 e. The topological polar surface area (TPSA) is 40.6 Å². The monoisotopic (exact) mass is 264 g/mol. The molecule has 0 radical (unpaired) electrons. The lowest BCUT2D eigenvalue weighted by atomic mass is 10.1. The number of benzene rings is 1. The molecule has 0 N–H and O–H groups in total. The first kappa shape index (κ1) is 13.5. The van der Waals surface area contributed by atoms with E-state index in [2.05, 4.69) is 0 Å². The van der Waals surface area contributed by atoms with Gasteiger partial charge in [-0.15, -0.1) is 0 Å². The standard InChI is InChI=1S/C14H17FN2O2/c1-10-8-11(4-5-12(10)15)14(19)17-7-3-6-16(2)13(18)9-17/h4-5,8H,3,6-7,9H2,1-2H3. The van der Waals surface area contributed by atoms with Gasteiger partial charge in [-0.05, 0) is 37.1 Å². The van der Waals surface area contributed by atoms with Crippen molar-refractivity contribution in [2.24, 2.45) is 0 Å². The van der Waals surface area contributed by atoms with Gasteiger partial charge in [0.15, 0.2) is 0 Å². The van der Waals surface area contributed by atoms with E-state index in [-0.39, 0.29) is 24.2 Å². The molecule has 0 saturated carbocycles. The molecule has 2 amide bonds. The highest BCUT2D eigenvalue weighted by Crippen LogP contribution is 2.13. The van der Waals surface area contributed by atoms with E-state index < -0.39 is 0 Å². The first-order valence-electron chi connectivity index (χ1n) is 6.28. The smallest absolute Gasteiger partial charge is 0.254 e. The summed E-state index contributed by atoms with van der Waals surface area (Å²) in [6.45, 7) is 2.91. The summed E-state index contributed by atoms with van der Waals surface area (Å²) in [5, 5.41) is 0. The fraction of sp³-hybridized carbons (Fsp3) is 0.429. The molecule has 4 nitrogen and oxygen atoms in total. The summed E-state index contributed by atoms with van der Waals surface area (Å²) in [7, 11) is 1.73. The number of carbonyl (C=O) groups is 2. The van der Waals surface area contributed by atoms with Crippen LogP contribution in [-0.4, -0.2) is 48.3 Å². The van der Waals surface area contributed by atoms with Gasteiger partial charge in [-0.1, -0.05) is 0 Å². The number of hydrogen-bond acceptors (Lipinski definition) is 2. The number of carbonyl (C=O) groups excluding carboxylic acids is 2. The Bertz CT molecular complexity index is 516. The number of aryl methyl sites for hydroxylation is 1. The van der Waals surface area contributed by atoms with Crippen LogP contribution in [0.15, 0.2) is 18.2 Å². The van der Waals surface area contributed by atoms with Crippen LogP contribution in [0.5, 0.6) is 0 Å². The number of nitrogens with zero attached hydrogens (tertiary/aromatic N) is 2. The number of likely N-dealkylation sites (N-methyl/N-ethyl adjacent to an activating group) is 1. The molecule has 0 atom stereocenters. The van der Waals surface area contributed by atoms with Crippen molar-refractivity contribution < 1.29 is 14.0 Å². The zero-order valence-corrected chi connectivity index (χ0v) is 11.1. The highest BCUT2D eigenvalue weighted by molar-refractivity contribution is 5.96. The van der Waals surface area contributed by atoms with E-state index in [9.17, 15) is 14.0 Å². The maximum Gasteiger partial charge on any atom is 0.254 e. The number of hydrogen-bond donors (Lipinski definition) is 0. The molecule has 2 rings (SSSR count). The van der Waals surface area contributed by atoms with Crippen LogP contribution < -0.4 is 0 Å². The summed E-state index contributed by atoms with van der Waals surface area (Å²) < 4.78 is 13.2. The SMILES string of the molecule is Cc1cc(C(=O)N2CCCN(C)C(=O)C2)ccc1F. The Labute approximate surface area is 111 Å². The van der Waals surface area contributed by atoms with E-state index in [4.69, 9.17) is 0 Å². The predicted octanol–water partition coefficient (Wildman–Crippen LogP) is 1.44. The van der Waals surface area contributed by atoms with Crippen molar-refractivity contribution in [1.29, 1.82) is 0 Å². The molecule has 1 aromatic rings. The normalized spacial score (nSPS) is 16.5. The second-order valence-electron chi connectivity index (χ2n) is 4.86. The van der Waals surface area contributed by atoms with Gasteiger partial charge in [0, 0.05) is 25.7 Å². The first-order chi connectivity index (χ1) is 8.99. The van der Waals surface area contributed by atoms with Crippen LogP contribution in [0.1, 0.15) is 22.3 Å². The summed E-state index contributed by atoms with van der Waals surface area (Å²) >= 11 is 0. The fourth-order valence-corrected chi connectivity index (χ4v) is 2.12. The van der Waals surface area contributed by atoms with Crippen molar-refractivity contribution in [3.05, 3.63) is 35.1 Å². The molecule has 102 valence electrons. The minimum absolute atomic E-state index is 0.0651. The summed E-state index contributed by atoms with van der Waals surface area (Å²) in [6.07, 6.45) is 0.758. The Hall–Kier alpha value is -1.91. The van der Waals surface area contributed by atoms with Gasteiger partial charge < -0.3 is 9.80 Å². The van der Waals surface area contributed by atoms with E-state index in [0.29, 0.717) is 24.2 Å². The number of rotatable bonds is 1. The van der Waals surface area contributed by atoms with E-state index in [0.717, 1.165) is 6.42 Å². The van der Waals surface area contributed by atoms with Crippen molar-refractivity contribution in [2.75, 3.05) is 26.7 Å². The molecule has 1 aliphatic rings. The average molecular weight is 264 g/mol. The third-order valence-electron chi connectivity index (χ3n) is 3.37. The zero-order valence-electron chi connectivity index (χ0n) is 11.1. The van der Waals surface area contributed by atoms with Crippen LogP contribution >= 0.6 is 0 Å². The summed E-state index contributed by atoms with van der Waals surface area (Å²) in [4.78, 5) is 27.2. The Morgan fingerprint density at radius 1 is 1.32 bits per heavy atom. The molecule has 1 saturated heterocycles. The Kier molecular flexibility index (Phi) is 3.83. The molecular formula is C14H17FN2O2. The van der Waals surface area contributed by atoms with Gasteiger partial charge in [-0.3, -0.25) is 9.59 Å². The highest BCUT2D eigenvalue weighted by Gasteiger charge is 2.23. The molecular weight excluding hydrogens is 247 g/mol. The van der Waals surface area contributed by atoms with E-state index in [1.54, 1.807) is 18.9 Å². The van der Waals surface area contributed by atoms with Gasteiger partial charge >= 0.3 is 0 Å². The summed E-state index contributed by atoms with van der Waals surface area (Å²) in [6, 6.07) is 4.27. The van der Waals surface area contributed by atoms with Crippen molar-refractivity contribution in [3.63, 3.8) is 0 Å². The van der Waals surface area contributed by atoms with Gasteiger partial charge in [0.05, 0.1) is 0 Å². The molecule has 0 bridgehead atoms. The molecule has 1 heterocycles. The van der Waals surface area contributed by atoms with Crippen LogP contribution in [0.4, 0.5) is 4.39 Å². The number of amides is 2. The molecule has 0 spiro atoms. The Morgan fingerprint density at radius 3 is 2.74 bits per heavy atom. The molecule has 1 aromatic carbocycles. The molecule has 0 unspecified atom stereocenters. The Morgan fingerprint density at radius 2 is 2.05 bits per heavy atom. The molecule has 0 aromatic heterocycles. The zero-order chi connectivity index (χ0) is 14.0. The van der Waals surface area contributed by atoms with E-state index in [1.165, 1.54) is 23.1 Å². The third kappa shape index (κ3) is 2.92. The third-order valence-corrected chi connectivity index (χ3v) is 3.37. The van der Waals surface area contributed by atoms with Gasteiger partial charge in [0.1, 0.15) is 12.4 Å². The molecule has 0 aliphatic carbocycles. The van der Waals surface area contributed by atoms with Gasteiger partial charge in [-0.25, -0.2) is 4.39 Å². The summed E-state index contributed by atoms with van der Waals surface area (Å²) in [5.41, 5.74) is 0.861. The second kappa shape index (κ2) is 5.38. The van der Waals surface area contributed by atoms with Crippen molar-refractivity contribution in [3.8, 4) is 0 Å². The quantitative estimate of drug-likeness (QED) is 0.770. The molecule has 1 aliphatic heterocycles. The fourth-order valence-electron chi connectivity index (χ4n) is 2.12. The summed E-state index contributed by atoms with van der Waals surface area (Å²) in [5.74, 6) is -0.611.